The molecule has 1 aliphatic rings. The number of aryl methyl sites for hydroxylation is 1. The molecule has 0 amide bonds. The molecule has 1 aromatic heterocycles. The van der Waals surface area contributed by atoms with Crippen LogP contribution in [0.15, 0.2) is 4.47 Å². The summed E-state index contributed by atoms with van der Waals surface area (Å²) in [5, 5.41) is 3.30. The molecule has 1 N–H and O–H groups in total. The molecule has 21 heavy (non-hydrogen) atoms. The highest BCUT2D eigenvalue weighted by Gasteiger charge is 2.31. The van der Waals surface area contributed by atoms with E-state index in [2.05, 4.69) is 45.1 Å². The van der Waals surface area contributed by atoms with Gasteiger partial charge in [0.2, 0.25) is 0 Å². The van der Waals surface area contributed by atoms with E-state index in [1.807, 2.05) is 0 Å². The van der Waals surface area contributed by atoms with Crippen molar-refractivity contribution in [3.8, 4) is 0 Å². The average Bonchev–Trinajstić information content (AvgIpc) is 2.80. The fourth-order valence-electron chi connectivity index (χ4n) is 2.46. The summed E-state index contributed by atoms with van der Waals surface area (Å²) in [7, 11) is -2.92. The third kappa shape index (κ3) is 4.16. The lowest BCUT2D eigenvalue weighted by Crippen LogP contribution is -2.13. The fourth-order valence-corrected chi connectivity index (χ4v) is 4.71. The van der Waals surface area contributed by atoms with Crippen LogP contribution < -0.4 is 5.32 Å². The van der Waals surface area contributed by atoms with Crippen molar-refractivity contribution >= 4 is 31.6 Å². The van der Waals surface area contributed by atoms with Crippen molar-refractivity contribution in [2.75, 3.05) is 23.4 Å². The number of anilines is 1. The van der Waals surface area contributed by atoms with Crippen LogP contribution in [0, 0.1) is 0 Å². The quantitative estimate of drug-likeness (QED) is 0.827. The third-order valence-electron chi connectivity index (χ3n) is 3.56. The number of nitrogens with zero attached hydrogens (tertiary/aromatic N) is 2. The molecule has 0 radical (unpaired) electrons. The molecule has 1 saturated heterocycles. The zero-order valence-electron chi connectivity index (χ0n) is 12.5. The van der Waals surface area contributed by atoms with Gasteiger partial charge in [0.25, 0.3) is 0 Å². The first-order chi connectivity index (χ1) is 9.96. The molecule has 1 aliphatic heterocycles. The second-order valence-electron chi connectivity index (χ2n) is 5.47. The van der Waals surface area contributed by atoms with Crippen LogP contribution in [0.1, 0.15) is 50.5 Å². The summed E-state index contributed by atoms with van der Waals surface area (Å²) < 4.78 is 24.2. The predicted octanol–water partition coefficient (Wildman–Crippen LogP) is 2.92. The van der Waals surface area contributed by atoms with Gasteiger partial charge in [-0.15, -0.1) is 0 Å². The molecule has 1 unspecified atom stereocenters. The minimum absolute atomic E-state index is 0.0686. The van der Waals surface area contributed by atoms with Gasteiger partial charge in [-0.2, -0.15) is 0 Å². The molecular weight excluding hydrogens is 354 g/mol. The summed E-state index contributed by atoms with van der Waals surface area (Å²) in [6.07, 6.45) is 3.48. The Balaban J connectivity index is 2.34. The highest BCUT2D eigenvalue weighted by Crippen LogP contribution is 2.31. The summed E-state index contributed by atoms with van der Waals surface area (Å²) in [4.78, 5) is 9.18. The third-order valence-corrected chi connectivity index (χ3v) is 6.17. The summed E-state index contributed by atoms with van der Waals surface area (Å²) >= 11 is 3.57. The van der Waals surface area contributed by atoms with Crippen LogP contribution in [0.25, 0.3) is 0 Å². The van der Waals surface area contributed by atoms with Gasteiger partial charge >= 0.3 is 0 Å². The van der Waals surface area contributed by atoms with Crippen molar-refractivity contribution in [2.24, 2.45) is 0 Å². The van der Waals surface area contributed by atoms with Crippen LogP contribution in [-0.2, 0) is 16.3 Å². The van der Waals surface area contributed by atoms with Gasteiger partial charge in [0.05, 0.1) is 21.7 Å². The SMILES string of the molecule is CCCNc1nc(C2CCS(=O)(=O)C2)nc(CCC)c1Br. The fraction of sp³-hybridized carbons (Fsp3) is 0.714. The van der Waals surface area contributed by atoms with E-state index in [0.717, 1.165) is 41.8 Å². The Morgan fingerprint density at radius 3 is 2.62 bits per heavy atom. The lowest BCUT2D eigenvalue weighted by atomic mass is 10.1. The molecule has 0 saturated carbocycles. The molecule has 0 aliphatic carbocycles. The lowest BCUT2D eigenvalue weighted by Gasteiger charge is -2.14. The van der Waals surface area contributed by atoms with Gasteiger partial charge < -0.3 is 5.32 Å². The average molecular weight is 376 g/mol. The molecule has 1 atom stereocenters. The highest BCUT2D eigenvalue weighted by atomic mass is 79.9. The molecular formula is C14H22BrN3O2S. The van der Waals surface area contributed by atoms with Crippen molar-refractivity contribution in [2.45, 2.75) is 45.4 Å². The van der Waals surface area contributed by atoms with Gasteiger partial charge in [-0.1, -0.05) is 20.3 Å². The summed E-state index contributed by atoms with van der Waals surface area (Å²) in [5.74, 6) is 1.81. The number of hydrogen-bond acceptors (Lipinski definition) is 5. The number of aromatic nitrogens is 2. The van der Waals surface area contributed by atoms with E-state index < -0.39 is 9.84 Å². The van der Waals surface area contributed by atoms with E-state index in [1.165, 1.54) is 0 Å². The Labute approximate surface area is 135 Å². The van der Waals surface area contributed by atoms with Crippen LogP contribution in [0.2, 0.25) is 0 Å². The van der Waals surface area contributed by atoms with Crippen LogP contribution in [0.3, 0.4) is 0 Å². The van der Waals surface area contributed by atoms with Crippen LogP contribution in [0.5, 0.6) is 0 Å². The second-order valence-corrected chi connectivity index (χ2v) is 8.49. The molecule has 118 valence electrons. The Kier molecular flexibility index (Phi) is 5.60. The number of halogens is 1. The van der Waals surface area contributed by atoms with Crippen molar-refractivity contribution < 1.29 is 8.42 Å². The molecule has 0 bridgehead atoms. The molecule has 7 heteroatoms. The Morgan fingerprint density at radius 1 is 1.29 bits per heavy atom. The first kappa shape index (κ1) is 16.7. The maximum absolute atomic E-state index is 11.7. The number of rotatable bonds is 6. The van der Waals surface area contributed by atoms with Gasteiger partial charge in [0.15, 0.2) is 9.84 Å². The number of sulfone groups is 1. The Bertz CT molecular complexity index is 604. The molecule has 1 aromatic rings. The van der Waals surface area contributed by atoms with Gasteiger partial charge in [0.1, 0.15) is 11.6 Å². The van der Waals surface area contributed by atoms with E-state index in [9.17, 15) is 8.42 Å². The maximum atomic E-state index is 11.7. The van der Waals surface area contributed by atoms with E-state index in [0.29, 0.717) is 12.2 Å². The molecule has 2 rings (SSSR count). The summed E-state index contributed by atoms with van der Waals surface area (Å²) in [6.45, 7) is 5.04. The van der Waals surface area contributed by atoms with Crippen molar-refractivity contribution in [3.05, 3.63) is 16.0 Å². The monoisotopic (exact) mass is 375 g/mol. The zero-order chi connectivity index (χ0) is 15.5. The summed E-state index contributed by atoms with van der Waals surface area (Å²) in [6, 6.07) is 0. The normalized spacial score (nSPS) is 20.6. The van der Waals surface area contributed by atoms with Gasteiger partial charge in [0, 0.05) is 12.5 Å². The first-order valence-electron chi connectivity index (χ1n) is 7.47. The maximum Gasteiger partial charge on any atom is 0.151 e. The van der Waals surface area contributed by atoms with Crippen molar-refractivity contribution in [3.63, 3.8) is 0 Å². The van der Waals surface area contributed by atoms with Crippen molar-refractivity contribution in [1.82, 2.24) is 9.97 Å². The molecule has 5 nitrogen and oxygen atoms in total. The highest BCUT2D eigenvalue weighted by molar-refractivity contribution is 9.10. The molecule has 2 heterocycles. The van der Waals surface area contributed by atoms with Crippen molar-refractivity contribution in [1.29, 1.82) is 0 Å². The second kappa shape index (κ2) is 7.05. The van der Waals surface area contributed by atoms with E-state index in [1.54, 1.807) is 0 Å². The van der Waals surface area contributed by atoms with E-state index in [-0.39, 0.29) is 17.4 Å². The summed E-state index contributed by atoms with van der Waals surface area (Å²) in [5.41, 5.74) is 0.963. The smallest absolute Gasteiger partial charge is 0.151 e. The lowest BCUT2D eigenvalue weighted by molar-refractivity contribution is 0.601. The van der Waals surface area contributed by atoms with E-state index >= 15 is 0 Å². The van der Waals surface area contributed by atoms with Crippen LogP contribution in [-0.4, -0.2) is 36.4 Å². The zero-order valence-corrected chi connectivity index (χ0v) is 14.9. The largest absolute Gasteiger partial charge is 0.369 e. The topological polar surface area (TPSA) is 72.0 Å². The minimum Gasteiger partial charge on any atom is -0.369 e. The van der Waals surface area contributed by atoms with Gasteiger partial charge in [-0.05, 0) is 35.2 Å². The molecule has 0 spiro atoms. The Hall–Kier alpha value is -0.690. The predicted molar refractivity (Wildman–Crippen MR) is 88.5 cm³/mol. The number of nitrogens with one attached hydrogen (secondary N) is 1. The first-order valence-corrected chi connectivity index (χ1v) is 10.1. The minimum atomic E-state index is -2.92. The molecule has 0 aromatic carbocycles. The van der Waals surface area contributed by atoms with Gasteiger partial charge in [-0.3, -0.25) is 0 Å². The van der Waals surface area contributed by atoms with E-state index in [4.69, 9.17) is 0 Å². The van der Waals surface area contributed by atoms with Crippen LogP contribution in [0.4, 0.5) is 5.82 Å². The number of hydrogen-bond donors (Lipinski definition) is 1. The van der Waals surface area contributed by atoms with Crippen LogP contribution >= 0.6 is 15.9 Å². The Morgan fingerprint density at radius 2 is 2.05 bits per heavy atom. The molecule has 1 fully saturated rings. The standard InChI is InChI=1S/C14H22BrN3O2S/c1-3-5-11-12(15)14(16-7-4-2)18-13(17-11)10-6-8-21(19,20)9-10/h10H,3-9H2,1-2H3,(H,16,17,18). The van der Waals surface area contributed by atoms with Gasteiger partial charge in [-0.25, -0.2) is 18.4 Å².